The van der Waals surface area contributed by atoms with Crippen molar-refractivity contribution in [3.8, 4) is 11.1 Å². The van der Waals surface area contributed by atoms with E-state index < -0.39 is 0 Å². The number of nitrogens with one attached hydrogen (secondary N) is 1. The summed E-state index contributed by atoms with van der Waals surface area (Å²) in [4.78, 5) is 19.5. The summed E-state index contributed by atoms with van der Waals surface area (Å²) < 4.78 is 1.67. The van der Waals surface area contributed by atoms with E-state index >= 15 is 0 Å². The fourth-order valence-electron chi connectivity index (χ4n) is 2.32. The van der Waals surface area contributed by atoms with Gasteiger partial charge in [0.15, 0.2) is 5.65 Å². The van der Waals surface area contributed by atoms with Crippen molar-refractivity contribution in [2.24, 2.45) is 0 Å². The van der Waals surface area contributed by atoms with E-state index in [1.54, 1.807) is 22.0 Å². The average Bonchev–Trinajstić information content (AvgIpc) is 3.06. The van der Waals surface area contributed by atoms with Gasteiger partial charge in [0.25, 0.3) is 5.56 Å². The van der Waals surface area contributed by atoms with Crippen LogP contribution in [0.3, 0.4) is 0 Å². The third-order valence-electron chi connectivity index (χ3n) is 3.24. The summed E-state index contributed by atoms with van der Waals surface area (Å²) in [5.74, 6) is 0. The Hall–Kier alpha value is -2.47. The molecule has 0 bridgehead atoms. The predicted octanol–water partition coefficient (Wildman–Crippen LogP) is 2.61. The van der Waals surface area contributed by atoms with Crippen LogP contribution in [0.2, 0.25) is 0 Å². The van der Waals surface area contributed by atoms with E-state index in [4.69, 9.17) is 0 Å². The number of thiophene rings is 1. The molecule has 20 heavy (non-hydrogen) atoms. The largest absolute Gasteiger partial charge is 0.306 e. The molecule has 0 aliphatic rings. The van der Waals surface area contributed by atoms with Gasteiger partial charge in [0.2, 0.25) is 0 Å². The van der Waals surface area contributed by atoms with Crippen molar-refractivity contribution in [1.82, 2.24) is 19.6 Å². The van der Waals surface area contributed by atoms with E-state index in [0.29, 0.717) is 11.2 Å². The third-order valence-corrected chi connectivity index (χ3v) is 3.93. The van der Waals surface area contributed by atoms with Crippen molar-refractivity contribution < 1.29 is 0 Å². The molecule has 4 rings (SSSR count). The van der Waals surface area contributed by atoms with Gasteiger partial charge in [0.1, 0.15) is 5.65 Å². The first-order valence-electron chi connectivity index (χ1n) is 6.13. The molecule has 98 valence electrons. The minimum absolute atomic E-state index is 0.114. The van der Waals surface area contributed by atoms with Crippen LogP contribution >= 0.6 is 11.3 Å². The van der Waals surface area contributed by atoms with Crippen LogP contribution < -0.4 is 5.56 Å². The monoisotopic (exact) mass is 282 g/mol. The number of hydrogen-bond donors (Lipinski definition) is 1. The fourth-order valence-corrected chi connectivity index (χ4v) is 2.98. The van der Waals surface area contributed by atoms with Gasteiger partial charge in [-0.2, -0.15) is 21.0 Å². The zero-order valence-electron chi connectivity index (χ0n) is 10.6. The number of aromatic nitrogens is 4. The number of hydrogen-bond acceptors (Lipinski definition) is 4. The summed E-state index contributed by atoms with van der Waals surface area (Å²) in [6.45, 7) is 1.90. The molecule has 0 spiro atoms. The molecular weight excluding hydrogens is 272 g/mol. The second-order valence-electron chi connectivity index (χ2n) is 4.64. The van der Waals surface area contributed by atoms with Crippen LogP contribution in [0.5, 0.6) is 0 Å². The lowest BCUT2D eigenvalue weighted by Gasteiger charge is -2.03. The average molecular weight is 282 g/mol. The van der Waals surface area contributed by atoms with Gasteiger partial charge < -0.3 is 4.98 Å². The lowest BCUT2D eigenvalue weighted by atomic mass is 10.1. The molecule has 0 aliphatic carbocycles. The second-order valence-corrected chi connectivity index (χ2v) is 5.42. The van der Waals surface area contributed by atoms with Crippen molar-refractivity contribution in [2.45, 2.75) is 6.92 Å². The number of rotatable bonds is 1. The predicted molar refractivity (Wildman–Crippen MR) is 79.2 cm³/mol. The minimum Gasteiger partial charge on any atom is -0.306 e. The van der Waals surface area contributed by atoms with E-state index in [2.05, 4.69) is 15.1 Å². The molecule has 0 amide bonds. The Balaban J connectivity index is 2.11. The summed E-state index contributed by atoms with van der Waals surface area (Å²) in [6.07, 6.45) is 1.76. The number of fused-ring (bicyclic) bond motifs is 3. The first-order valence-corrected chi connectivity index (χ1v) is 7.08. The van der Waals surface area contributed by atoms with Crippen molar-refractivity contribution in [1.29, 1.82) is 0 Å². The summed E-state index contributed by atoms with van der Waals surface area (Å²) in [5, 5.41) is 9.14. The van der Waals surface area contributed by atoms with E-state index in [9.17, 15) is 4.79 Å². The smallest absolute Gasteiger partial charge is 0.257 e. The number of aromatic amines is 1. The van der Waals surface area contributed by atoms with Crippen LogP contribution in [0.15, 0.2) is 40.0 Å². The van der Waals surface area contributed by atoms with Gasteiger partial charge in [-0.1, -0.05) is 0 Å². The summed E-state index contributed by atoms with van der Waals surface area (Å²) in [7, 11) is 0. The molecule has 6 heteroatoms. The lowest BCUT2D eigenvalue weighted by molar-refractivity contribution is 0.936. The van der Waals surface area contributed by atoms with Gasteiger partial charge in [-0.3, -0.25) is 4.79 Å². The molecule has 1 N–H and O–H groups in total. The molecular formula is C14H10N4OS. The van der Waals surface area contributed by atoms with Gasteiger partial charge in [0.05, 0.1) is 5.69 Å². The summed E-state index contributed by atoms with van der Waals surface area (Å²) in [6, 6.07) is 5.68. The molecule has 0 aromatic carbocycles. The molecule has 0 fully saturated rings. The second kappa shape index (κ2) is 4.01. The quantitative estimate of drug-likeness (QED) is 0.583. The Bertz CT molecular complexity index is 982. The van der Waals surface area contributed by atoms with Gasteiger partial charge in [-0.15, -0.1) is 0 Å². The van der Waals surface area contributed by atoms with Crippen molar-refractivity contribution in [3.05, 3.63) is 51.2 Å². The Morgan fingerprint density at radius 1 is 1.35 bits per heavy atom. The highest BCUT2D eigenvalue weighted by Gasteiger charge is 2.10. The van der Waals surface area contributed by atoms with Crippen LogP contribution in [0.1, 0.15) is 5.69 Å². The van der Waals surface area contributed by atoms with Crippen molar-refractivity contribution in [3.63, 3.8) is 0 Å². The SMILES string of the molecule is Cc1cc2ncc3cc(-c4ccsc4)c(=O)[nH]c3n2n1. The normalized spacial score (nSPS) is 11.4. The van der Waals surface area contributed by atoms with Crippen molar-refractivity contribution >= 4 is 28.0 Å². The van der Waals surface area contributed by atoms with Gasteiger partial charge in [-0.05, 0) is 35.4 Å². The highest BCUT2D eigenvalue weighted by atomic mass is 32.1. The van der Waals surface area contributed by atoms with E-state index in [0.717, 1.165) is 22.3 Å². The zero-order valence-corrected chi connectivity index (χ0v) is 11.4. The Kier molecular flexibility index (Phi) is 2.28. The highest BCUT2D eigenvalue weighted by Crippen LogP contribution is 2.21. The number of pyridine rings is 1. The molecule has 5 nitrogen and oxygen atoms in total. The lowest BCUT2D eigenvalue weighted by Crippen LogP contribution is -2.11. The number of nitrogens with zero attached hydrogens (tertiary/aromatic N) is 3. The molecule has 0 unspecified atom stereocenters. The summed E-state index contributed by atoms with van der Waals surface area (Å²) >= 11 is 1.57. The summed E-state index contributed by atoms with van der Waals surface area (Å²) in [5.41, 5.74) is 3.74. The Labute approximate surface area is 117 Å². The van der Waals surface area contributed by atoms with Crippen LogP contribution in [-0.4, -0.2) is 19.6 Å². The first kappa shape index (κ1) is 11.4. The topological polar surface area (TPSA) is 63.0 Å². The van der Waals surface area contributed by atoms with Gasteiger partial charge in [0, 0.05) is 23.2 Å². The van der Waals surface area contributed by atoms with Crippen LogP contribution in [0.4, 0.5) is 0 Å². The van der Waals surface area contributed by atoms with E-state index in [1.165, 1.54) is 0 Å². The fraction of sp³-hybridized carbons (Fsp3) is 0.0714. The number of aryl methyl sites for hydroxylation is 1. The molecule has 0 saturated heterocycles. The minimum atomic E-state index is -0.114. The van der Waals surface area contributed by atoms with E-state index in [1.807, 2.05) is 35.9 Å². The molecule has 0 atom stereocenters. The third kappa shape index (κ3) is 1.58. The Morgan fingerprint density at radius 2 is 2.25 bits per heavy atom. The Morgan fingerprint density at radius 3 is 3.05 bits per heavy atom. The van der Waals surface area contributed by atoms with Crippen molar-refractivity contribution in [2.75, 3.05) is 0 Å². The standard InChI is InChI=1S/C14H10N4OS/c1-8-4-12-15-6-10-5-11(9-2-3-20-7-9)14(19)16-13(10)18(12)17-8/h2-7H,1H3,(H,16,19). The first-order chi connectivity index (χ1) is 9.72. The zero-order chi connectivity index (χ0) is 13.7. The molecule has 0 radical (unpaired) electrons. The van der Waals surface area contributed by atoms with Crippen LogP contribution in [0.25, 0.3) is 27.8 Å². The van der Waals surface area contributed by atoms with Gasteiger partial charge in [-0.25, -0.2) is 4.98 Å². The molecule has 4 aromatic heterocycles. The number of H-pyrrole nitrogens is 1. The molecule has 4 aromatic rings. The highest BCUT2D eigenvalue weighted by molar-refractivity contribution is 7.08. The molecule has 0 aliphatic heterocycles. The molecule has 0 saturated carbocycles. The van der Waals surface area contributed by atoms with Crippen LogP contribution in [0, 0.1) is 6.92 Å². The van der Waals surface area contributed by atoms with Crippen LogP contribution in [-0.2, 0) is 0 Å². The van der Waals surface area contributed by atoms with Gasteiger partial charge >= 0.3 is 0 Å². The molecule has 4 heterocycles. The maximum atomic E-state index is 12.3. The maximum Gasteiger partial charge on any atom is 0.257 e. The van der Waals surface area contributed by atoms with E-state index in [-0.39, 0.29) is 5.56 Å². The maximum absolute atomic E-state index is 12.3.